The molecule has 8 nitrogen and oxygen atoms in total. The van der Waals surface area contributed by atoms with Crippen molar-refractivity contribution in [2.45, 2.75) is 6.42 Å². The van der Waals surface area contributed by atoms with Crippen molar-refractivity contribution < 1.29 is 9.53 Å². The summed E-state index contributed by atoms with van der Waals surface area (Å²) in [6.45, 7) is 6.05. The number of hydrogen-bond donors (Lipinski definition) is 3. The van der Waals surface area contributed by atoms with E-state index in [-0.39, 0.29) is 5.91 Å². The van der Waals surface area contributed by atoms with Crippen LogP contribution in [0.25, 0.3) is 10.9 Å². The second kappa shape index (κ2) is 11.3. The second-order valence-electron chi connectivity index (χ2n) is 7.59. The first-order valence-corrected chi connectivity index (χ1v) is 11.5. The molecule has 168 valence electrons. The van der Waals surface area contributed by atoms with Crippen LogP contribution in [-0.2, 0) is 9.53 Å². The Balaban J connectivity index is 1.31. The number of rotatable bonds is 9. The van der Waals surface area contributed by atoms with Crippen LogP contribution in [0.2, 0.25) is 0 Å². The summed E-state index contributed by atoms with van der Waals surface area (Å²) in [5.41, 5.74) is 2.44. The van der Waals surface area contributed by atoms with Gasteiger partial charge >= 0.3 is 0 Å². The molecule has 0 spiro atoms. The first kappa shape index (κ1) is 22.6. The van der Waals surface area contributed by atoms with Crippen LogP contribution in [0, 0.1) is 0 Å². The van der Waals surface area contributed by atoms with Gasteiger partial charge in [0.25, 0.3) is 0 Å². The molecule has 2 heterocycles. The van der Waals surface area contributed by atoms with E-state index in [9.17, 15) is 4.79 Å². The maximum atomic E-state index is 12.4. The van der Waals surface area contributed by atoms with Gasteiger partial charge in [-0.2, -0.15) is 0 Å². The highest BCUT2D eigenvalue weighted by Crippen LogP contribution is 2.27. The van der Waals surface area contributed by atoms with Crippen LogP contribution in [-0.4, -0.2) is 66.7 Å². The lowest BCUT2D eigenvalue weighted by Gasteiger charge is -2.26. The third-order valence-electron chi connectivity index (χ3n) is 5.24. The smallest absolute Gasteiger partial charge is 0.225 e. The Bertz CT molecular complexity index is 1060. The van der Waals surface area contributed by atoms with Gasteiger partial charge in [-0.15, -0.1) is 0 Å². The van der Waals surface area contributed by atoms with Crippen molar-refractivity contribution in [3.8, 4) is 0 Å². The minimum absolute atomic E-state index is 0.0263. The van der Waals surface area contributed by atoms with E-state index < -0.39 is 0 Å². The summed E-state index contributed by atoms with van der Waals surface area (Å²) in [5, 5.41) is 10.5. The maximum absolute atomic E-state index is 12.4. The van der Waals surface area contributed by atoms with Crippen LogP contribution in [0.15, 0.2) is 53.3 Å². The Morgan fingerprint density at radius 2 is 1.94 bits per heavy atom. The molecule has 1 aliphatic rings. The van der Waals surface area contributed by atoms with E-state index in [4.69, 9.17) is 4.74 Å². The lowest BCUT2D eigenvalue weighted by atomic mass is 10.2. The standard InChI is InChI=1S/C23H27BrN6O2/c24-17-2-1-3-18(14-17)29-23-20-15-19(4-5-21(20)26-16-27-23)28-22(31)6-7-25-8-9-30-10-12-32-13-11-30/h1-5,14-16,25H,6-13H2,(H,28,31)(H,26,27,29). The Kier molecular flexibility index (Phi) is 8.00. The van der Waals surface area contributed by atoms with Crippen LogP contribution in [0.4, 0.5) is 17.2 Å². The van der Waals surface area contributed by atoms with Gasteiger partial charge in [-0.25, -0.2) is 9.97 Å². The largest absolute Gasteiger partial charge is 0.379 e. The summed E-state index contributed by atoms with van der Waals surface area (Å²) in [5.74, 6) is 0.663. The van der Waals surface area contributed by atoms with Gasteiger partial charge in [0.05, 0.1) is 18.7 Å². The highest BCUT2D eigenvalue weighted by atomic mass is 79.9. The van der Waals surface area contributed by atoms with Crippen LogP contribution in [0.5, 0.6) is 0 Å². The van der Waals surface area contributed by atoms with Gasteiger partial charge in [-0.1, -0.05) is 22.0 Å². The zero-order valence-electron chi connectivity index (χ0n) is 17.8. The number of carbonyl (C=O) groups is 1. The predicted octanol–water partition coefficient (Wildman–Crippen LogP) is 3.39. The van der Waals surface area contributed by atoms with Crippen molar-refractivity contribution in [3.63, 3.8) is 0 Å². The van der Waals surface area contributed by atoms with Crippen LogP contribution in [0.3, 0.4) is 0 Å². The van der Waals surface area contributed by atoms with E-state index in [1.807, 2.05) is 42.5 Å². The van der Waals surface area contributed by atoms with Crippen molar-refractivity contribution in [3.05, 3.63) is 53.3 Å². The summed E-state index contributed by atoms with van der Waals surface area (Å²) in [7, 11) is 0. The molecule has 0 unspecified atom stereocenters. The van der Waals surface area contributed by atoms with E-state index >= 15 is 0 Å². The Labute approximate surface area is 195 Å². The van der Waals surface area contributed by atoms with Crippen LogP contribution < -0.4 is 16.0 Å². The maximum Gasteiger partial charge on any atom is 0.225 e. The summed E-state index contributed by atoms with van der Waals surface area (Å²) in [6.07, 6.45) is 1.94. The third-order valence-corrected chi connectivity index (χ3v) is 5.74. The number of anilines is 3. The monoisotopic (exact) mass is 498 g/mol. The van der Waals surface area contributed by atoms with E-state index in [1.165, 1.54) is 6.33 Å². The first-order chi connectivity index (χ1) is 15.7. The molecule has 1 aromatic heterocycles. The zero-order chi connectivity index (χ0) is 22.2. The minimum Gasteiger partial charge on any atom is -0.379 e. The molecule has 0 bridgehead atoms. The van der Waals surface area contributed by atoms with E-state index in [1.54, 1.807) is 0 Å². The number of aromatic nitrogens is 2. The fraction of sp³-hybridized carbons (Fsp3) is 0.348. The highest BCUT2D eigenvalue weighted by Gasteiger charge is 2.10. The molecule has 2 aromatic carbocycles. The molecule has 4 rings (SSSR count). The second-order valence-corrected chi connectivity index (χ2v) is 8.51. The topological polar surface area (TPSA) is 91.4 Å². The van der Waals surface area contributed by atoms with Crippen LogP contribution >= 0.6 is 15.9 Å². The molecule has 0 radical (unpaired) electrons. The Morgan fingerprint density at radius 1 is 1.06 bits per heavy atom. The number of morpholine rings is 1. The number of amides is 1. The molecule has 1 aliphatic heterocycles. The zero-order valence-corrected chi connectivity index (χ0v) is 19.4. The quantitative estimate of drug-likeness (QED) is 0.389. The Morgan fingerprint density at radius 3 is 2.78 bits per heavy atom. The number of ether oxygens (including phenoxy) is 1. The molecule has 1 amide bonds. The predicted molar refractivity (Wildman–Crippen MR) is 130 cm³/mol. The molecule has 1 saturated heterocycles. The Hall–Kier alpha value is -2.59. The van der Waals surface area contributed by atoms with Crippen molar-refractivity contribution in [1.82, 2.24) is 20.2 Å². The van der Waals surface area contributed by atoms with E-state index in [0.717, 1.165) is 66.1 Å². The molecule has 0 saturated carbocycles. The lowest BCUT2D eigenvalue weighted by Crippen LogP contribution is -2.40. The summed E-state index contributed by atoms with van der Waals surface area (Å²) in [6, 6.07) is 13.5. The van der Waals surface area contributed by atoms with Crippen LogP contribution in [0.1, 0.15) is 6.42 Å². The van der Waals surface area contributed by atoms with Gasteiger partial charge in [-0.3, -0.25) is 9.69 Å². The van der Waals surface area contributed by atoms with Gasteiger partial charge in [0.2, 0.25) is 5.91 Å². The van der Waals surface area contributed by atoms with Gasteiger partial charge < -0.3 is 20.7 Å². The average Bonchev–Trinajstić information content (AvgIpc) is 2.80. The SMILES string of the molecule is O=C(CCNCCN1CCOCC1)Nc1ccc2ncnc(Nc3cccc(Br)c3)c2c1. The first-order valence-electron chi connectivity index (χ1n) is 10.8. The lowest BCUT2D eigenvalue weighted by molar-refractivity contribution is -0.116. The van der Waals surface area contributed by atoms with Gasteiger partial charge in [-0.05, 0) is 36.4 Å². The number of nitrogens with one attached hydrogen (secondary N) is 3. The summed E-state index contributed by atoms with van der Waals surface area (Å²) < 4.78 is 6.33. The molecular weight excluding hydrogens is 472 g/mol. The minimum atomic E-state index is -0.0263. The molecule has 32 heavy (non-hydrogen) atoms. The number of benzene rings is 2. The molecule has 3 aromatic rings. The third kappa shape index (κ3) is 6.46. The number of carbonyl (C=O) groups excluding carboxylic acids is 1. The van der Waals surface area contributed by atoms with Gasteiger partial charge in [0.1, 0.15) is 12.1 Å². The van der Waals surface area contributed by atoms with E-state index in [0.29, 0.717) is 18.8 Å². The normalized spacial score (nSPS) is 14.4. The number of fused-ring (bicyclic) bond motifs is 1. The molecule has 9 heteroatoms. The van der Waals surface area contributed by atoms with Crippen molar-refractivity contribution in [2.24, 2.45) is 0 Å². The van der Waals surface area contributed by atoms with Crippen molar-refractivity contribution in [2.75, 3.05) is 56.6 Å². The highest BCUT2D eigenvalue weighted by molar-refractivity contribution is 9.10. The summed E-state index contributed by atoms with van der Waals surface area (Å²) >= 11 is 3.48. The molecule has 0 aliphatic carbocycles. The molecule has 1 fully saturated rings. The van der Waals surface area contributed by atoms with Crippen molar-refractivity contribution in [1.29, 1.82) is 0 Å². The average molecular weight is 499 g/mol. The van der Waals surface area contributed by atoms with Gasteiger partial charge in [0, 0.05) is 60.4 Å². The molecular formula is C23H27BrN6O2. The number of hydrogen-bond acceptors (Lipinski definition) is 7. The van der Waals surface area contributed by atoms with Gasteiger partial charge in [0.15, 0.2) is 0 Å². The number of nitrogens with zero attached hydrogens (tertiary/aromatic N) is 3. The molecule has 0 atom stereocenters. The molecule has 3 N–H and O–H groups in total. The fourth-order valence-electron chi connectivity index (χ4n) is 3.55. The fourth-order valence-corrected chi connectivity index (χ4v) is 3.95. The van der Waals surface area contributed by atoms with E-state index in [2.05, 4.69) is 46.7 Å². The number of halogens is 1. The van der Waals surface area contributed by atoms with Crippen molar-refractivity contribution >= 4 is 49.9 Å². The summed E-state index contributed by atoms with van der Waals surface area (Å²) in [4.78, 5) is 23.5.